The molecule has 0 spiro atoms. The van der Waals surface area contributed by atoms with Crippen LogP contribution in [0.5, 0.6) is 6.01 Å². The molecule has 196 valence electrons. The van der Waals surface area contributed by atoms with Crippen molar-refractivity contribution >= 4 is 11.3 Å². The second-order valence-corrected chi connectivity index (χ2v) is 7.60. The molecule has 1 saturated heterocycles. The molecule has 0 bridgehead atoms. The highest BCUT2D eigenvalue weighted by molar-refractivity contribution is 5.74. The molecule has 1 fully saturated rings. The monoisotopic (exact) mass is 526 g/mol. The number of nitrogens with zero attached hydrogens (tertiary/aromatic N) is 6. The van der Waals surface area contributed by atoms with E-state index in [0.717, 1.165) is 6.20 Å². The zero-order chi connectivity index (χ0) is 27.0. The molecule has 5 heterocycles. The molecule has 1 atom stereocenters. The lowest BCUT2D eigenvalue weighted by atomic mass is 10.2. The van der Waals surface area contributed by atoms with Gasteiger partial charge in [-0.25, -0.2) is 33.0 Å². The Morgan fingerprint density at radius 2 is 1.84 bits per heavy atom. The Bertz CT molecular complexity index is 1510. The normalized spacial score (nSPS) is 16.9. The summed E-state index contributed by atoms with van der Waals surface area (Å²) in [6.45, 7) is 2.78. The average molecular weight is 526 g/mol. The SMILES string of the molecule is CC.O=c1[nH]cc(-c2cc(N3CC(Oc4ncc(C(F)(F)F)cn4)C(F)(F)C3)c3nccn3n2)c(=O)[nH]1. The maximum atomic E-state index is 14.8. The van der Waals surface area contributed by atoms with Gasteiger partial charge in [-0.1, -0.05) is 13.8 Å². The highest BCUT2D eigenvalue weighted by Crippen LogP contribution is 2.36. The van der Waals surface area contributed by atoms with Gasteiger partial charge >= 0.3 is 23.8 Å². The van der Waals surface area contributed by atoms with E-state index in [9.17, 15) is 31.5 Å². The number of anilines is 1. The Kier molecular flexibility index (Phi) is 6.66. The van der Waals surface area contributed by atoms with E-state index in [2.05, 4.69) is 30.0 Å². The van der Waals surface area contributed by atoms with Gasteiger partial charge in [-0.15, -0.1) is 0 Å². The zero-order valence-corrected chi connectivity index (χ0v) is 19.3. The van der Waals surface area contributed by atoms with Gasteiger partial charge in [0.1, 0.15) is 5.69 Å². The van der Waals surface area contributed by atoms with Gasteiger partial charge < -0.3 is 14.6 Å². The predicted octanol–water partition coefficient (Wildman–Crippen LogP) is 2.51. The standard InChI is InChI=1S/C19H13F5N8O3.C2H6/c20-18(21)8-31(7-13(18)35-17-27-4-9(5-28-17)19(22,23)24)12-3-11(30-32-2-1-25-14(12)32)10-6-26-16(34)29-15(10)33;1-2/h1-6,13H,7-8H2,(H2,26,29,33,34);1-2H3. The second kappa shape index (κ2) is 9.59. The molecule has 1 aliphatic rings. The molecule has 1 unspecified atom stereocenters. The summed E-state index contributed by atoms with van der Waals surface area (Å²) in [6, 6.07) is 0.726. The van der Waals surface area contributed by atoms with Gasteiger partial charge in [0.05, 0.1) is 29.9 Å². The molecule has 37 heavy (non-hydrogen) atoms. The Hall–Kier alpha value is -4.37. The number of rotatable bonds is 4. The van der Waals surface area contributed by atoms with Crippen LogP contribution in [0.15, 0.2) is 46.6 Å². The van der Waals surface area contributed by atoms with E-state index >= 15 is 0 Å². The lowest BCUT2D eigenvalue weighted by Gasteiger charge is -2.19. The van der Waals surface area contributed by atoms with Gasteiger partial charge in [0, 0.05) is 31.0 Å². The number of hydrogen-bond acceptors (Lipinski definition) is 8. The lowest BCUT2D eigenvalue weighted by Crippen LogP contribution is -2.37. The fourth-order valence-electron chi connectivity index (χ4n) is 3.58. The van der Waals surface area contributed by atoms with Crippen molar-refractivity contribution in [2.45, 2.75) is 32.1 Å². The number of H-pyrrole nitrogens is 2. The van der Waals surface area contributed by atoms with Crippen molar-refractivity contribution in [2.24, 2.45) is 0 Å². The number of ether oxygens (including phenoxy) is 1. The van der Waals surface area contributed by atoms with E-state index in [0.29, 0.717) is 12.4 Å². The smallest absolute Gasteiger partial charge is 0.419 e. The van der Waals surface area contributed by atoms with E-state index < -0.39 is 54.1 Å². The minimum absolute atomic E-state index is 0.0154. The van der Waals surface area contributed by atoms with E-state index in [1.807, 2.05) is 13.8 Å². The van der Waals surface area contributed by atoms with Crippen molar-refractivity contribution in [1.29, 1.82) is 0 Å². The summed E-state index contributed by atoms with van der Waals surface area (Å²) >= 11 is 0. The topological polar surface area (TPSA) is 134 Å². The molecular formula is C21H19F5N8O3. The van der Waals surface area contributed by atoms with Gasteiger partial charge in [-0.3, -0.25) is 9.78 Å². The molecule has 0 amide bonds. The molecule has 4 aromatic heterocycles. The first-order valence-corrected chi connectivity index (χ1v) is 10.9. The summed E-state index contributed by atoms with van der Waals surface area (Å²) in [5.41, 5.74) is -2.17. The maximum Gasteiger partial charge on any atom is 0.419 e. The van der Waals surface area contributed by atoms with Crippen molar-refractivity contribution in [2.75, 3.05) is 18.0 Å². The molecule has 2 N–H and O–H groups in total. The van der Waals surface area contributed by atoms with Crippen LogP contribution in [-0.4, -0.2) is 59.6 Å². The highest BCUT2D eigenvalue weighted by atomic mass is 19.4. The number of halogens is 5. The summed E-state index contributed by atoms with van der Waals surface area (Å²) in [5.74, 6) is -3.44. The number of hydrogen-bond donors (Lipinski definition) is 2. The third-order valence-corrected chi connectivity index (χ3v) is 5.24. The van der Waals surface area contributed by atoms with Crippen LogP contribution in [0.25, 0.3) is 16.9 Å². The number of aromatic amines is 2. The van der Waals surface area contributed by atoms with Crippen LogP contribution >= 0.6 is 0 Å². The summed E-state index contributed by atoms with van der Waals surface area (Å²) < 4.78 is 74.1. The first kappa shape index (κ1) is 25.7. The zero-order valence-electron chi connectivity index (χ0n) is 19.3. The first-order chi connectivity index (χ1) is 17.5. The van der Waals surface area contributed by atoms with E-state index in [1.165, 1.54) is 27.9 Å². The minimum Gasteiger partial charge on any atom is -0.452 e. The summed E-state index contributed by atoms with van der Waals surface area (Å²) in [4.78, 5) is 40.0. The summed E-state index contributed by atoms with van der Waals surface area (Å²) in [5, 5.41) is 4.23. The van der Waals surface area contributed by atoms with Gasteiger partial charge in [0.2, 0.25) is 0 Å². The van der Waals surface area contributed by atoms with Crippen molar-refractivity contribution in [3.05, 3.63) is 63.5 Å². The molecule has 0 radical (unpaired) electrons. The van der Waals surface area contributed by atoms with Crippen LogP contribution in [0.3, 0.4) is 0 Å². The Balaban J connectivity index is 0.00000156. The van der Waals surface area contributed by atoms with E-state index in [-0.39, 0.29) is 22.6 Å². The van der Waals surface area contributed by atoms with Gasteiger partial charge in [0.25, 0.3) is 5.56 Å². The van der Waals surface area contributed by atoms with Gasteiger partial charge in [0.15, 0.2) is 11.8 Å². The fourth-order valence-corrected chi connectivity index (χ4v) is 3.58. The highest BCUT2D eigenvalue weighted by Gasteiger charge is 2.51. The third-order valence-electron chi connectivity index (χ3n) is 5.24. The van der Waals surface area contributed by atoms with Crippen LogP contribution in [0, 0.1) is 0 Å². The third kappa shape index (κ3) is 5.12. The molecule has 16 heteroatoms. The molecule has 0 aromatic carbocycles. The van der Waals surface area contributed by atoms with Gasteiger partial charge in [-0.2, -0.15) is 18.3 Å². The van der Waals surface area contributed by atoms with E-state index in [1.54, 1.807) is 0 Å². The molecule has 0 aliphatic carbocycles. The van der Waals surface area contributed by atoms with Crippen molar-refractivity contribution in [1.82, 2.24) is 34.5 Å². The Morgan fingerprint density at radius 1 is 1.14 bits per heavy atom. The summed E-state index contributed by atoms with van der Waals surface area (Å²) in [6.07, 6.45) is -1.62. The fraction of sp³-hybridized carbons (Fsp3) is 0.333. The van der Waals surface area contributed by atoms with Crippen LogP contribution in [0.4, 0.5) is 27.6 Å². The first-order valence-electron chi connectivity index (χ1n) is 10.9. The Labute approximate surface area is 204 Å². The van der Waals surface area contributed by atoms with Crippen LogP contribution < -0.4 is 20.9 Å². The van der Waals surface area contributed by atoms with Crippen molar-refractivity contribution < 1.29 is 26.7 Å². The number of imidazole rings is 1. The quantitative estimate of drug-likeness (QED) is 0.388. The van der Waals surface area contributed by atoms with Crippen LogP contribution in [-0.2, 0) is 6.18 Å². The molecule has 11 nitrogen and oxygen atoms in total. The molecule has 1 aliphatic heterocycles. The van der Waals surface area contributed by atoms with Crippen molar-refractivity contribution in [3.8, 4) is 17.3 Å². The van der Waals surface area contributed by atoms with Crippen LogP contribution in [0.1, 0.15) is 19.4 Å². The van der Waals surface area contributed by atoms with Gasteiger partial charge in [-0.05, 0) is 6.07 Å². The second-order valence-electron chi connectivity index (χ2n) is 7.60. The maximum absolute atomic E-state index is 14.8. The number of alkyl halides is 5. The van der Waals surface area contributed by atoms with Crippen molar-refractivity contribution in [3.63, 3.8) is 0 Å². The molecule has 4 aromatic rings. The summed E-state index contributed by atoms with van der Waals surface area (Å²) in [7, 11) is 0. The molecular weight excluding hydrogens is 507 g/mol. The van der Waals surface area contributed by atoms with Crippen LogP contribution in [0.2, 0.25) is 0 Å². The average Bonchev–Trinajstić information content (AvgIpc) is 3.43. The lowest BCUT2D eigenvalue weighted by molar-refractivity contribution is -0.138. The largest absolute Gasteiger partial charge is 0.452 e. The number of fused-ring (bicyclic) bond motifs is 1. The number of aromatic nitrogens is 7. The predicted molar refractivity (Wildman–Crippen MR) is 120 cm³/mol. The minimum atomic E-state index is -4.69. The van der Waals surface area contributed by atoms with E-state index in [4.69, 9.17) is 4.74 Å². The molecule has 5 rings (SSSR count). The Morgan fingerprint density at radius 3 is 2.49 bits per heavy atom. The number of nitrogens with one attached hydrogen (secondary N) is 2. The molecule has 0 saturated carbocycles.